The molecule has 6 rings (SSSR count). The maximum atomic E-state index is 13.6. The predicted octanol–water partition coefficient (Wildman–Crippen LogP) is 5.23. The molecular formula is C31H30N4O3S. The molecule has 39 heavy (non-hydrogen) atoms. The summed E-state index contributed by atoms with van der Waals surface area (Å²) in [5, 5.41) is 3.86. The van der Waals surface area contributed by atoms with Crippen molar-refractivity contribution >= 4 is 45.0 Å². The Kier molecular flexibility index (Phi) is 6.87. The van der Waals surface area contributed by atoms with Gasteiger partial charge in [0.1, 0.15) is 5.01 Å². The average molecular weight is 539 g/mol. The summed E-state index contributed by atoms with van der Waals surface area (Å²) in [6.07, 6.45) is 1.64. The summed E-state index contributed by atoms with van der Waals surface area (Å²) in [6, 6.07) is 23.4. The van der Waals surface area contributed by atoms with Crippen LogP contribution in [0, 0.1) is 5.92 Å². The monoisotopic (exact) mass is 538 g/mol. The minimum atomic E-state index is -0.298. The van der Waals surface area contributed by atoms with E-state index in [1.807, 2.05) is 54.6 Å². The van der Waals surface area contributed by atoms with Gasteiger partial charge in [-0.25, -0.2) is 4.98 Å². The van der Waals surface area contributed by atoms with Crippen LogP contribution in [-0.2, 0) is 11.3 Å². The number of carbonyl (C=O) groups excluding carboxylic acids is 3. The van der Waals surface area contributed by atoms with E-state index in [0.29, 0.717) is 24.2 Å². The topological polar surface area (TPSA) is 82.6 Å². The van der Waals surface area contributed by atoms with Gasteiger partial charge in [-0.05, 0) is 48.6 Å². The van der Waals surface area contributed by atoms with Gasteiger partial charge >= 0.3 is 0 Å². The van der Waals surface area contributed by atoms with Gasteiger partial charge in [0.05, 0.1) is 39.5 Å². The van der Waals surface area contributed by atoms with Gasteiger partial charge in [0.25, 0.3) is 11.8 Å². The minimum Gasteiger partial charge on any atom is -0.370 e. The molecule has 3 heterocycles. The number of para-hydroxylation sites is 1. The van der Waals surface area contributed by atoms with Crippen molar-refractivity contribution in [3.8, 4) is 0 Å². The van der Waals surface area contributed by atoms with Crippen LogP contribution in [0.5, 0.6) is 0 Å². The quantitative estimate of drug-likeness (QED) is 0.326. The molecule has 0 saturated carbocycles. The summed E-state index contributed by atoms with van der Waals surface area (Å²) in [4.78, 5) is 48.0. The number of anilines is 1. The van der Waals surface area contributed by atoms with Crippen molar-refractivity contribution in [1.82, 2.24) is 15.2 Å². The molecule has 0 radical (unpaired) electrons. The number of piperidine rings is 1. The molecule has 2 atom stereocenters. The van der Waals surface area contributed by atoms with Crippen molar-refractivity contribution in [3.63, 3.8) is 0 Å². The number of benzene rings is 3. The molecule has 1 fully saturated rings. The Morgan fingerprint density at radius 3 is 2.64 bits per heavy atom. The lowest BCUT2D eigenvalue weighted by Crippen LogP contribution is -2.44. The smallest absolute Gasteiger partial charge is 0.264 e. The van der Waals surface area contributed by atoms with Crippen molar-refractivity contribution in [1.29, 1.82) is 0 Å². The Bertz CT molecular complexity index is 1520. The summed E-state index contributed by atoms with van der Waals surface area (Å²) in [7, 11) is 0. The highest BCUT2D eigenvalue weighted by molar-refractivity contribution is 7.18. The Morgan fingerprint density at radius 1 is 1.03 bits per heavy atom. The first-order valence-corrected chi connectivity index (χ1v) is 14.2. The highest BCUT2D eigenvalue weighted by Crippen LogP contribution is 2.35. The number of nitrogens with one attached hydrogen (secondary N) is 1. The lowest BCUT2D eigenvalue weighted by Gasteiger charge is -2.34. The van der Waals surface area contributed by atoms with Gasteiger partial charge in [0.2, 0.25) is 5.91 Å². The number of hydrogen-bond acceptors (Lipinski definition) is 6. The molecule has 0 aliphatic carbocycles. The van der Waals surface area contributed by atoms with Crippen molar-refractivity contribution in [3.05, 3.63) is 94.5 Å². The Hall–Kier alpha value is -4.04. The number of carbonyl (C=O) groups is 3. The SMILES string of the molecule is C[C@H](CNC(=O)[C@H]1CCCN(c2cccc3c2C(=O)N(Cc2nc4ccccc4s2)C3=O)C1)c1ccccc1. The van der Waals surface area contributed by atoms with Gasteiger partial charge in [-0.1, -0.05) is 55.5 Å². The molecule has 1 N–H and O–H groups in total. The molecule has 3 aromatic carbocycles. The van der Waals surface area contributed by atoms with Crippen LogP contribution in [0.15, 0.2) is 72.8 Å². The lowest BCUT2D eigenvalue weighted by molar-refractivity contribution is -0.125. The first-order chi connectivity index (χ1) is 19.0. The molecule has 1 aromatic heterocycles. The van der Waals surface area contributed by atoms with Crippen LogP contribution >= 0.6 is 11.3 Å². The van der Waals surface area contributed by atoms with Crippen molar-refractivity contribution < 1.29 is 14.4 Å². The molecule has 0 unspecified atom stereocenters. The van der Waals surface area contributed by atoms with Gasteiger partial charge in [-0.2, -0.15) is 0 Å². The fraction of sp³-hybridized carbons (Fsp3) is 0.290. The number of fused-ring (bicyclic) bond motifs is 2. The fourth-order valence-electron chi connectivity index (χ4n) is 5.55. The summed E-state index contributed by atoms with van der Waals surface area (Å²) >= 11 is 1.50. The highest BCUT2D eigenvalue weighted by atomic mass is 32.1. The Morgan fingerprint density at radius 2 is 1.82 bits per heavy atom. The standard InChI is InChI=1S/C31H30N4O3S/c1-20(21-9-3-2-4-10-21)17-32-29(36)22-11-8-16-34(18-22)25-14-7-12-23-28(25)31(38)35(30(23)37)19-27-33-24-13-5-6-15-26(24)39-27/h2-7,9-10,12-15,20,22H,8,11,16-19H2,1H3,(H,32,36)/t20-,22+/m1/s1. The summed E-state index contributed by atoms with van der Waals surface area (Å²) in [6.45, 7) is 4.09. The number of amides is 3. The van der Waals surface area contributed by atoms with E-state index in [2.05, 4.69) is 34.3 Å². The molecule has 4 aromatic rings. The zero-order valence-corrected chi connectivity index (χ0v) is 22.6. The number of nitrogens with zero attached hydrogens (tertiary/aromatic N) is 3. The molecular weight excluding hydrogens is 508 g/mol. The van der Waals surface area contributed by atoms with Crippen LogP contribution in [-0.4, -0.2) is 47.2 Å². The van der Waals surface area contributed by atoms with Crippen LogP contribution < -0.4 is 10.2 Å². The number of imide groups is 1. The maximum Gasteiger partial charge on any atom is 0.264 e. The van der Waals surface area contributed by atoms with Gasteiger partial charge in [0.15, 0.2) is 0 Å². The molecule has 8 heteroatoms. The van der Waals surface area contributed by atoms with Gasteiger partial charge in [-0.3, -0.25) is 19.3 Å². The van der Waals surface area contributed by atoms with E-state index in [4.69, 9.17) is 0 Å². The second kappa shape index (κ2) is 10.6. The zero-order valence-electron chi connectivity index (χ0n) is 21.8. The number of thiazole rings is 1. The van der Waals surface area contributed by atoms with E-state index >= 15 is 0 Å². The third kappa shape index (κ3) is 4.92. The molecule has 2 aliphatic heterocycles. The molecule has 1 saturated heterocycles. The minimum absolute atomic E-state index is 0.0370. The summed E-state index contributed by atoms with van der Waals surface area (Å²) in [5.41, 5.74) is 3.64. The molecule has 3 amide bonds. The van der Waals surface area contributed by atoms with E-state index < -0.39 is 0 Å². The van der Waals surface area contributed by atoms with Gasteiger partial charge in [-0.15, -0.1) is 11.3 Å². The van der Waals surface area contributed by atoms with Gasteiger partial charge in [0, 0.05) is 19.6 Å². The van der Waals surface area contributed by atoms with E-state index in [1.165, 1.54) is 21.8 Å². The van der Waals surface area contributed by atoms with Crippen molar-refractivity contribution in [2.24, 2.45) is 5.92 Å². The van der Waals surface area contributed by atoms with E-state index in [1.54, 1.807) is 6.07 Å². The zero-order chi connectivity index (χ0) is 26.9. The molecule has 2 aliphatic rings. The van der Waals surface area contributed by atoms with E-state index in [-0.39, 0.29) is 36.1 Å². The Balaban J connectivity index is 1.16. The van der Waals surface area contributed by atoms with Crippen LogP contribution in [0.25, 0.3) is 10.2 Å². The number of hydrogen-bond donors (Lipinski definition) is 1. The normalized spacial score (nSPS) is 17.9. The first-order valence-electron chi connectivity index (χ1n) is 13.4. The summed E-state index contributed by atoms with van der Waals surface area (Å²) in [5.74, 6) is -0.513. The molecule has 7 nitrogen and oxygen atoms in total. The van der Waals surface area contributed by atoms with Crippen molar-refractivity contribution in [2.75, 3.05) is 24.5 Å². The van der Waals surface area contributed by atoms with Crippen LogP contribution in [0.1, 0.15) is 57.0 Å². The van der Waals surface area contributed by atoms with Crippen molar-refractivity contribution in [2.45, 2.75) is 32.2 Å². The van der Waals surface area contributed by atoms with Crippen LogP contribution in [0.2, 0.25) is 0 Å². The number of aromatic nitrogens is 1. The second-order valence-electron chi connectivity index (χ2n) is 10.3. The number of rotatable bonds is 7. The maximum absolute atomic E-state index is 13.6. The van der Waals surface area contributed by atoms with Gasteiger partial charge < -0.3 is 10.2 Å². The average Bonchev–Trinajstić information content (AvgIpc) is 3.50. The Labute approximate surface area is 231 Å². The third-order valence-electron chi connectivity index (χ3n) is 7.69. The molecule has 0 bridgehead atoms. The molecule has 198 valence electrons. The lowest BCUT2D eigenvalue weighted by atomic mass is 9.94. The van der Waals surface area contributed by atoms with E-state index in [0.717, 1.165) is 40.3 Å². The third-order valence-corrected chi connectivity index (χ3v) is 8.71. The first kappa shape index (κ1) is 25.2. The van der Waals surface area contributed by atoms with Crippen LogP contribution in [0.4, 0.5) is 5.69 Å². The second-order valence-corrected chi connectivity index (χ2v) is 11.4. The largest absolute Gasteiger partial charge is 0.370 e. The van der Waals surface area contributed by atoms with Crippen LogP contribution in [0.3, 0.4) is 0 Å². The fourth-order valence-corrected chi connectivity index (χ4v) is 6.51. The van der Waals surface area contributed by atoms with E-state index in [9.17, 15) is 14.4 Å². The highest BCUT2D eigenvalue weighted by Gasteiger charge is 2.40. The molecule has 0 spiro atoms. The summed E-state index contributed by atoms with van der Waals surface area (Å²) < 4.78 is 1.03. The predicted molar refractivity (Wildman–Crippen MR) is 153 cm³/mol.